The number of carbonyl (C=O) groups is 1. The van der Waals surface area contributed by atoms with Crippen molar-refractivity contribution in [1.82, 2.24) is 5.32 Å². The van der Waals surface area contributed by atoms with Gasteiger partial charge in [-0.25, -0.2) is 0 Å². The Labute approximate surface area is 102 Å². The van der Waals surface area contributed by atoms with Crippen molar-refractivity contribution in [3.8, 4) is 6.07 Å². The first-order valence-corrected chi connectivity index (χ1v) is 6.99. The van der Waals surface area contributed by atoms with Crippen LogP contribution in [0.15, 0.2) is 0 Å². The molecule has 0 saturated heterocycles. The zero-order chi connectivity index (χ0) is 11.6. The third kappa shape index (κ3) is 1.36. The third-order valence-electron chi connectivity index (χ3n) is 5.57. The monoisotopic (exact) mass is 230 g/mol. The Hall–Kier alpha value is -1.04. The smallest absolute Gasteiger partial charge is 0.224 e. The Balaban J connectivity index is 1.41. The minimum Gasteiger partial charge on any atom is -0.340 e. The van der Waals surface area contributed by atoms with E-state index >= 15 is 0 Å². The first-order valence-electron chi connectivity index (χ1n) is 6.99. The molecule has 4 rings (SSSR count). The summed E-state index contributed by atoms with van der Waals surface area (Å²) in [7, 11) is 0. The van der Waals surface area contributed by atoms with E-state index < -0.39 is 0 Å². The molecule has 0 aromatic rings. The van der Waals surface area contributed by atoms with Gasteiger partial charge in [-0.05, 0) is 61.7 Å². The molecule has 0 radical (unpaired) electrons. The number of carbonyl (C=O) groups excluding carboxylic acids is 1. The van der Waals surface area contributed by atoms with E-state index in [1.165, 1.54) is 19.3 Å². The first-order chi connectivity index (χ1) is 8.29. The molecule has 17 heavy (non-hydrogen) atoms. The van der Waals surface area contributed by atoms with Crippen molar-refractivity contribution >= 4 is 5.91 Å². The van der Waals surface area contributed by atoms with Crippen LogP contribution in [0, 0.1) is 46.8 Å². The van der Waals surface area contributed by atoms with E-state index in [1.54, 1.807) is 0 Å². The minimum absolute atomic E-state index is 0.190. The maximum absolute atomic E-state index is 12.2. The third-order valence-corrected chi connectivity index (χ3v) is 5.57. The van der Waals surface area contributed by atoms with Crippen molar-refractivity contribution in [1.29, 1.82) is 5.26 Å². The Kier molecular flexibility index (Phi) is 1.90. The highest BCUT2D eigenvalue weighted by Crippen LogP contribution is 2.69. The summed E-state index contributed by atoms with van der Waals surface area (Å²) >= 11 is 0. The minimum atomic E-state index is -0.207. The molecule has 0 spiro atoms. The quantitative estimate of drug-likeness (QED) is 0.802. The molecule has 5 atom stereocenters. The van der Waals surface area contributed by atoms with Crippen molar-refractivity contribution < 1.29 is 4.79 Å². The molecule has 3 heteroatoms. The van der Waals surface area contributed by atoms with Crippen LogP contribution in [0.2, 0.25) is 0 Å². The number of rotatable bonds is 3. The van der Waals surface area contributed by atoms with Gasteiger partial charge >= 0.3 is 0 Å². The van der Waals surface area contributed by atoms with Gasteiger partial charge in [-0.1, -0.05) is 0 Å². The van der Waals surface area contributed by atoms with Crippen LogP contribution in [-0.2, 0) is 4.79 Å². The van der Waals surface area contributed by atoms with Crippen molar-refractivity contribution in [2.24, 2.45) is 35.5 Å². The largest absolute Gasteiger partial charge is 0.340 e. The van der Waals surface area contributed by atoms with Gasteiger partial charge < -0.3 is 5.32 Å². The molecule has 4 saturated carbocycles. The summed E-state index contributed by atoms with van der Waals surface area (Å²) < 4.78 is 0. The van der Waals surface area contributed by atoms with Crippen molar-refractivity contribution in [3.05, 3.63) is 0 Å². The second-order valence-electron chi connectivity index (χ2n) is 6.47. The Morgan fingerprint density at radius 1 is 1.18 bits per heavy atom. The predicted molar refractivity (Wildman–Crippen MR) is 61.6 cm³/mol. The van der Waals surface area contributed by atoms with E-state index in [-0.39, 0.29) is 17.9 Å². The van der Waals surface area contributed by atoms with Crippen LogP contribution >= 0.6 is 0 Å². The number of amides is 1. The highest BCUT2D eigenvalue weighted by molar-refractivity contribution is 5.83. The van der Waals surface area contributed by atoms with Crippen LogP contribution in [0.4, 0.5) is 0 Å². The molecule has 2 bridgehead atoms. The van der Waals surface area contributed by atoms with Crippen LogP contribution < -0.4 is 5.32 Å². The zero-order valence-electron chi connectivity index (χ0n) is 9.93. The summed E-state index contributed by atoms with van der Waals surface area (Å²) in [5.74, 6) is 3.95. The molecule has 0 aliphatic heterocycles. The fourth-order valence-corrected chi connectivity index (χ4v) is 4.61. The number of nitrogens with one attached hydrogen (secondary N) is 1. The number of hydrogen-bond donors (Lipinski definition) is 1. The Bertz CT molecular complexity index is 393. The summed E-state index contributed by atoms with van der Waals surface area (Å²) in [4.78, 5) is 12.2. The molecule has 4 aliphatic carbocycles. The van der Waals surface area contributed by atoms with E-state index in [0.29, 0.717) is 17.8 Å². The van der Waals surface area contributed by atoms with E-state index in [2.05, 4.69) is 11.4 Å². The second-order valence-corrected chi connectivity index (χ2v) is 6.47. The van der Waals surface area contributed by atoms with Crippen LogP contribution in [0.5, 0.6) is 0 Å². The van der Waals surface area contributed by atoms with E-state index in [0.717, 1.165) is 24.7 Å². The van der Waals surface area contributed by atoms with Crippen molar-refractivity contribution in [2.45, 2.75) is 38.1 Å². The molecule has 4 aliphatic rings. The molecule has 3 nitrogen and oxygen atoms in total. The molecule has 1 amide bonds. The summed E-state index contributed by atoms with van der Waals surface area (Å²) in [5.41, 5.74) is 0. The highest BCUT2D eigenvalue weighted by Gasteiger charge is 2.67. The number of nitriles is 1. The molecule has 0 aromatic heterocycles. The molecule has 1 N–H and O–H groups in total. The fourth-order valence-electron chi connectivity index (χ4n) is 4.61. The normalized spacial score (nSPS) is 47.1. The number of nitrogens with zero attached hydrogens (tertiary/aromatic N) is 1. The van der Waals surface area contributed by atoms with Gasteiger partial charge in [0.05, 0.1) is 6.07 Å². The summed E-state index contributed by atoms with van der Waals surface area (Å²) in [6.45, 7) is 0. The molecule has 90 valence electrons. The SMILES string of the molecule is N#CC(NC(=O)C1C2C3CCC(C3)C12)C1CC1. The summed E-state index contributed by atoms with van der Waals surface area (Å²) in [6, 6.07) is 2.04. The fraction of sp³-hybridized carbons (Fsp3) is 0.857. The lowest BCUT2D eigenvalue weighted by atomic mass is 10.0. The lowest BCUT2D eigenvalue weighted by molar-refractivity contribution is -0.123. The average Bonchev–Trinajstić information content (AvgIpc) is 3.24. The molecule has 4 fully saturated rings. The van der Waals surface area contributed by atoms with Gasteiger partial charge in [0.25, 0.3) is 0 Å². The maximum Gasteiger partial charge on any atom is 0.224 e. The molecule has 0 aromatic carbocycles. The van der Waals surface area contributed by atoms with Crippen LogP contribution in [0.25, 0.3) is 0 Å². The molecular weight excluding hydrogens is 212 g/mol. The zero-order valence-corrected chi connectivity index (χ0v) is 9.93. The molecule has 5 unspecified atom stereocenters. The van der Waals surface area contributed by atoms with Gasteiger partial charge in [0.15, 0.2) is 0 Å². The lowest BCUT2D eigenvalue weighted by Crippen LogP contribution is -2.37. The van der Waals surface area contributed by atoms with Crippen molar-refractivity contribution in [2.75, 3.05) is 0 Å². The highest BCUT2D eigenvalue weighted by atomic mass is 16.2. The van der Waals surface area contributed by atoms with E-state index in [4.69, 9.17) is 5.26 Å². The Morgan fingerprint density at radius 3 is 2.35 bits per heavy atom. The van der Waals surface area contributed by atoms with Crippen LogP contribution in [0.3, 0.4) is 0 Å². The van der Waals surface area contributed by atoms with Crippen LogP contribution in [-0.4, -0.2) is 11.9 Å². The topological polar surface area (TPSA) is 52.9 Å². The van der Waals surface area contributed by atoms with Crippen molar-refractivity contribution in [3.63, 3.8) is 0 Å². The molecule has 0 heterocycles. The van der Waals surface area contributed by atoms with E-state index in [9.17, 15) is 4.79 Å². The standard InChI is InChI=1S/C14H18N2O/c15-6-10(7-1-2-7)16-14(17)13-11-8-3-4-9(5-8)12(11)13/h7-13H,1-5H2,(H,16,17). The molecular formula is C14H18N2O. The van der Waals surface area contributed by atoms with Gasteiger partial charge in [0.1, 0.15) is 6.04 Å². The van der Waals surface area contributed by atoms with Gasteiger partial charge in [-0.2, -0.15) is 5.26 Å². The maximum atomic E-state index is 12.2. The average molecular weight is 230 g/mol. The summed E-state index contributed by atoms with van der Waals surface area (Å²) in [5, 5.41) is 12.0. The Morgan fingerprint density at radius 2 is 1.82 bits per heavy atom. The van der Waals surface area contributed by atoms with Gasteiger partial charge in [-0.15, -0.1) is 0 Å². The second kappa shape index (κ2) is 3.25. The van der Waals surface area contributed by atoms with Crippen LogP contribution in [0.1, 0.15) is 32.1 Å². The first kappa shape index (κ1) is 9.94. The van der Waals surface area contributed by atoms with Gasteiger partial charge in [0.2, 0.25) is 5.91 Å². The number of fused-ring (bicyclic) bond motifs is 5. The number of hydrogen-bond acceptors (Lipinski definition) is 2. The van der Waals surface area contributed by atoms with E-state index in [1.807, 2.05) is 0 Å². The van der Waals surface area contributed by atoms with Gasteiger partial charge in [-0.3, -0.25) is 4.79 Å². The summed E-state index contributed by atoms with van der Waals surface area (Å²) in [6.07, 6.45) is 6.30. The lowest BCUT2D eigenvalue weighted by Gasteiger charge is -2.13. The van der Waals surface area contributed by atoms with Gasteiger partial charge in [0, 0.05) is 5.92 Å². The predicted octanol–water partition coefficient (Wildman–Crippen LogP) is 1.70.